The fourth-order valence-electron chi connectivity index (χ4n) is 6.42. The van der Waals surface area contributed by atoms with E-state index in [1.807, 2.05) is 31.2 Å². The molecule has 0 bridgehead atoms. The van der Waals surface area contributed by atoms with Gasteiger partial charge in [-0.1, -0.05) is 48.5 Å². The van der Waals surface area contributed by atoms with Gasteiger partial charge >= 0.3 is 0 Å². The Kier molecular flexibility index (Phi) is 5.95. The van der Waals surface area contributed by atoms with E-state index in [9.17, 15) is 24.6 Å². The van der Waals surface area contributed by atoms with Crippen molar-refractivity contribution in [2.75, 3.05) is 0 Å². The number of rotatable bonds is 2. The number of hydrogen-bond donors (Lipinski definition) is 0. The van der Waals surface area contributed by atoms with Gasteiger partial charge in [-0.05, 0) is 87.8 Å². The molecular formula is C38H17F2N3S2. The van der Waals surface area contributed by atoms with Crippen molar-refractivity contribution in [3.63, 3.8) is 0 Å². The van der Waals surface area contributed by atoms with Gasteiger partial charge in [0, 0.05) is 37.6 Å². The molecule has 0 aliphatic heterocycles. The molecule has 2 aliphatic carbocycles. The zero-order chi connectivity index (χ0) is 31.0. The van der Waals surface area contributed by atoms with Crippen molar-refractivity contribution < 1.29 is 8.78 Å². The lowest BCUT2D eigenvalue weighted by Gasteiger charge is -2.09. The summed E-state index contributed by atoms with van der Waals surface area (Å²) in [6.45, 7) is 1.83. The molecule has 210 valence electrons. The van der Waals surface area contributed by atoms with Crippen LogP contribution in [0.1, 0.15) is 27.8 Å². The fraction of sp³-hybridized carbons (Fsp3) is 0.0263. The molecule has 7 heteroatoms. The number of thiophene rings is 2. The molecule has 0 saturated carbocycles. The molecule has 2 aromatic heterocycles. The molecule has 0 radical (unpaired) electrons. The van der Waals surface area contributed by atoms with E-state index in [2.05, 4.69) is 30.3 Å². The minimum absolute atomic E-state index is 0.0436. The van der Waals surface area contributed by atoms with Crippen LogP contribution in [0.3, 0.4) is 0 Å². The number of halogens is 2. The second kappa shape index (κ2) is 9.94. The molecular weight excluding hydrogens is 601 g/mol. The van der Waals surface area contributed by atoms with E-state index in [1.54, 1.807) is 46.9 Å². The number of nitrogens with zero attached hydrogens (tertiary/aromatic N) is 3. The Morgan fingerprint density at radius 2 is 0.956 bits per heavy atom. The summed E-state index contributed by atoms with van der Waals surface area (Å²) in [5.41, 5.74) is 11.4. The molecule has 0 N–H and O–H groups in total. The van der Waals surface area contributed by atoms with Crippen molar-refractivity contribution in [3.8, 4) is 62.7 Å². The molecule has 0 saturated heterocycles. The van der Waals surface area contributed by atoms with E-state index < -0.39 is 0 Å². The standard InChI is InChI=1S/C38H17F2N3S2/c1-19(16-41)31-29-14-22(20-2-8-25(39)9-3-20)6-12-27(29)33-35(31)44-38-34-28-13-7-23(21-4-10-26(40)11-5-21)15-30(28)32(24(17-42)18-43)36(34)45-37(33)38/h2-15H,1H3/b31-19+. The Balaban J connectivity index is 1.37. The topological polar surface area (TPSA) is 71.4 Å². The molecule has 0 unspecified atom stereocenters. The maximum atomic E-state index is 13.6. The fourth-order valence-corrected chi connectivity index (χ4v) is 9.53. The normalized spacial score (nSPS) is 13.4. The van der Waals surface area contributed by atoms with Gasteiger partial charge in [0.1, 0.15) is 29.3 Å². The van der Waals surface area contributed by atoms with Crippen molar-refractivity contribution in [1.29, 1.82) is 15.8 Å². The Morgan fingerprint density at radius 3 is 1.40 bits per heavy atom. The van der Waals surface area contributed by atoms with E-state index in [0.29, 0.717) is 11.1 Å². The first-order valence-electron chi connectivity index (χ1n) is 14.0. The van der Waals surface area contributed by atoms with Crippen LogP contribution in [0, 0.1) is 45.6 Å². The Bertz CT molecular complexity index is 2460. The van der Waals surface area contributed by atoms with Crippen molar-refractivity contribution in [1.82, 2.24) is 0 Å². The van der Waals surface area contributed by atoms with Crippen LogP contribution in [0.15, 0.2) is 96.1 Å². The lowest BCUT2D eigenvalue weighted by molar-refractivity contribution is 0.627. The summed E-state index contributed by atoms with van der Waals surface area (Å²) in [5.74, 6) is -0.617. The molecule has 0 atom stereocenters. The Labute approximate surface area is 265 Å². The van der Waals surface area contributed by atoms with Crippen LogP contribution in [0.5, 0.6) is 0 Å². The molecule has 3 nitrogen and oxygen atoms in total. The largest absolute Gasteiger partial charge is 0.207 e. The van der Waals surface area contributed by atoms with Gasteiger partial charge in [0.05, 0.1) is 15.5 Å². The SMILES string of the molecule is C/C(C#N)=C1/c2cc(-c3ccc(F)cc3)ccc2-c2c1sc1c3c(sc21)C(=C(C#N)C#N)c1cc(-c2ccc(F)cc2)ccc1-3. The van der Waals surface area contributed by atoms with Gasteiger partial charge in [-0.3, -0.25) is 0 Å². The van der Waals surface area contributed by atoms with Crippen LogP contribution in [-0.4, -0.2) is 0 Å². The van der Waals surface area contributed by atoms with Crippen molar-refractivity contribution in [2.45, 2.75) is 6.92 Å². The molecule has 2 aliphatic rings. The Morgan fingerprint density at radius 1 is 0.533 bits per heavy atom. The van der Waals surface area contributed by atoms with Crippen LogP contribution in [0.4, 0.5) is 8.78 Å². The minimum atomic E-state index is -0.319. The summed E-state index contributed by atoms with van der Waals surface area (Å²) >= 11 is 3.19. The second-order valence-corrected chi connectivity index (χ2v) is 12.9. The number of allylic oxidation sites excluding steroid dienone is 2. The predicted octanol–water partition coefficient (Wildman–Crippen LogP) is 10.7. The van der Waals surface area contributed by atoms with Gasteiger partial charge in [-0.2, -0.15) is 15.8 Å². The van der Waals surface area contributed by atoms with Gasteiger partial charge in [-0.15, -0.1) is 22.7 Å². The van der Waals surface area contributed by atoms with Crippen LogP contribution in [-0.2, 0) is 0 Å². The quantitative estimate of drug-likeness (QED) is 0.181. The molecule has 0 amide bonds. The van der Waals surface area contributed by atoms with Gasteiger partial charge in [0.2, 0.25) is 0 Å². The number of benzene rings is 4. The third-order valence-electron chi connectivity index (χ3n) is 8.46. The molecule has 8 rings (SSSR count). The molecule has 6 aromatic rings. The predicted molar refractivity (Wildman–Crippen MR) is 176 cm³/mol. The van der Waals surface area contributed by atoms with Crippen LogP contribution in [0.25, 0.3) is 65.1 Å². The van der Waals surface area contributed by atoms with Crippen LogP contribution >= 0.6 is 22.7 Å². The van der Waals surface area contributed by atoms with E-state index >= 15 is 0 Å². The lowest BCUT2D eigenvalue weighted by Crippen LogP contribution is -1.88. The third-order valence-corrected chi connectivity index (χ3v) is 11.0. The van der Waals surface area contributed by atoms with Gasteiger partial charge in [0.15, 0.2) is 0 Å². The molecule has 45 heavy (non-hydrogen) atoms. The summed E-state index contributed by atoms with van der Waals surface area (Å²) in [6.07, 6.45) is 0. The number of nitriles is 3. The number of hydrogen-bond acceptors (Lipinski definition) is 5. The molecule has 2 heterocycles. The lowest BCUT2D eigenvalue weighted by atomic mass is 9.96. The average Bonchev–Trinajstić information content (AvgIpc) is 3.77. The van der Waals surface area contributed by atoms with E-state index in [0.717, 1.165) is 80.4 Å². The number of fused-ring (bicyclic) bond motifs is 9. The summed E-state index contributed by atoms with van der Waals surface area (Å²) in [5, 5.41) is 30.0. The summed E-state index contributed by atoms with van der Waals surface area (Å²) in [7, 11) is 0. The molecule has 0 fully saturated rings. The smallest absolute Gasteiger partial charge is 0.138 e. The maximum Gasteiger partial charge on any atom is 0.138 e. The zero-order valence-electron chi connectivity index (χ0n) is 23.5. The minimum Gasteiger partial charge on any atom is -0.207 e. The average molecular weight is 618 g/mol. The van der Waals surface area contributed by atoms with Gasteiger partial charge in [-0.25, -0.2) is 8.78 Å². The van der Waals surface area contributed by atoms with Crippen molar-refractivity contribution in [2.24, 2.45) is 0 Å². The van der Waals surface area contributed by atoms with Gasteiger partial charge < -0.3 is 0 Å². The summed E-state index contributed by atoms with van der Waals surface area (Å²) in [6, 6.07) is 31.4. The highest BCUT2D eigenvalue weighted by Crippen LogP contribution is 2.62. The van der Waals surface area contributed by atoms with Crippen LogP contribution in [0.2, 0.25) is 0 Å². The van der Waals surface area contributed by atoms with Crippen molar-refractivity contribution >= 4 is 43.2 Å². The first-order chi connectivity index (χ1) is 21.9. The van der Waals surface area contributed by atoms with E-state index in [4.69, 9.17) is 0 Å². The highest BCUT2D eigenvalue weighted by atomic mass is 32.1. The highest BCUT2D eigenvalue weighted by molar-refractivity contribution is 7.31. The monoisotopic (exact) mass is 617 g/mol. The van der Waals surface area contributed by atoms with Crippen molar-refractivity contribution in [3.05, 3.63) is 129 Å². The van der Waals surface area contributed by atoms with Crippen LogP contribution < -0.4 is 0 Å². The third kappa shape index (κ3) is 3.88. The zero-order valence-corrected chi connectivity index (χ0v) is 25.1. The highest BCUT2D eigenvalue weighted by Gasteiger charge is 2.37. The first kappa shape index (κ1) is 26.9. The van der Waals surface area contributed by atoms with E-state index in [1.165, 1.54) is 24.3 Å². The summed E-state index contributed by atoms with van der Waals surface area (Å²) < 4.78 is 29.4. The maximum absolute atomic E-state index is 13.6. The van der Waals surface area contributed by atoms with E-state index in [-0.39, 0.29) is 17.2 Å². The molecule has 0 spiro atoms. The molecule has 4 aromatic carbocycles. The second-order valence-electron chi connectivity index (χ2n) is 10.9. The Hall–Kier alpha value is -5.65. The first-order valence-corrected chi connectivity index (χ1v) is 15.6. The van der Waals surface area contributed by atoms with Gasteiger partial charge in [0.25, 0.3) is 0 Å². The summed E-state index contributed by atoms with van der Waals surface area (Å²) in [4.78, 5) is 1.90.